The standard InChI is InChI=1S/C15H22ClNO/c1-3-15-13(8-9-18-15)10-17-11(2)12-4-6-14(16)7-5-12/h4-7,11,13,15,17H,3,8-10H2,1-2H3. The molecule has 0 radical (unpaired) electrons. The van der Waals surface area contributed by atoms with Crippen molar-refractivity contribution in [3.05, 3.63) is 34.9 Å². The molecule has 1 fully saturated rings. The molecule has 3 atom stereocenters. The van der Waals surface area contributed by atoms with Gasteiger partial charge in [0.15, 0.2) is 0 Å². The molecule has 1 aliphatic heterocycles. The Hall–Kier alpha value is -0.570. The van der Waals surface area contributed by atoms with Crippen LogP contribution in [-0.4, -0.2) is 19.3 Å². The van der Waals surface area contributed by atoms with Crippen molar-refractivity contribution in [2.24, 2.45) is 5.92 Å². The Kier molecular flexibility index (Phi) is 5.04. The third-order valence-corrected chi connectivity index (χ3v) is 4.06. The Morgan fingerprint density at radius 2 is 2.11 bits per heavy atom. The number of nitrogens with one attached hydrogen (secondary N) is 1. The number of benzene rings is 1. The fourth-order valence-electron chi connectivity index (χ4n) is 2.57. The lowest BCUT2D eigenvalue weighted by atomic mass is 9.98. The summed E-state index contributed by atoms with van der Waals surface area (Å²) in [6.45, 7) is 6.34. The second-order valence-corrected chi connectivity index (χ2v) is 5.48. The van der Waals surface area contributed by atoms with Gasteiger partial charge in [-0.2, -0.15) is 0 Å². The second-order valence-electron chi connectivity index (χ2n) is 5.05. The number of hydrogen-bond donors (Lipinski definition) is 1. The van der Waals surface area contributed by atoms with Gasteiger partial charge < -0.3 is 10.1 Å². The summed E-state index contributed by atoms with van der Waals surface area (Å²) in [5.41, 5.74) is 1.28. The molecular weight excluding hydrogens is 246 g/mol. The molecule has 1 aromatic carbocycles. The molecule has 1 N–H and O–H groups in total. The molecule has 1 heterocycles. The van der Waals surface area contributed by atoms with E-state index in [1.807, 2.05) is 12.1 Å². The van der Waals surface area contributed by atoms with Crippen LogP contribution in [0.25, 0.3) is 0 Å². The van der Waals surface area contributed by atoms with Gasteiger partial charge in [0, 0.05) is 24.2 Å². The minimum atomic E-state index is 0.361. The summed E-state index contributed by atoms with van der Waals surface area (Å²) in [4.78, 5) is 0. The zero-order chi connectivity index (χ0) is 13.0. The minimum Gasteiger partial charge on any atom is -0.378 e. The van der Waals surface area contributed by atoms with Crippen molar-refractivity contribution in [1.29, 1.82) is 0 Å². The van der Waals surface area contributed by atoms with Crippen molar-refractivity contribution < 1.29 is 4.74 Å². The summed E-state index contributed by atoms with van der Waals surface area (Å²) < 4.78 is 5.71. The molecule has 0 amide bonds. The molecule has 3 heteroatoms. The van der Waals surface area contributed by atoms with Gasteiger partial charge >= 0.3 is 0 Å². The van der Waals surface area contributed by atoms with Gasteiger partial charge in [-0.05, 0) is 43.4 Å². The van der Waals surface area contributed by atoms with Crippen LogP contribution in [0.15, 0.2) is 24.3 Å². The Morgan fingerprint density at radius 1 is 1.39 bits per heavy atom. The van der Waals surface area contributed by atoms with Crippen molar-refractivity contribution in [2.45, 2.75) is 38.8 Å². The van der Waals surface area contributed by atoms with Gasteiger partial charge in [-0.3, -0.25) is 0 Å². The van der Waals surface area contributed by atoms with E-state index < -0.39 is 0 Å². The first-order valence-corrected chi connectivity index (χ1v) is 7.19. The highest BCUT2D eigenvalue weighted by molar-refractivity contribution is 6.30. The van der Waals surface area contributed by atoms with Crippen LogP contribution in [0.5, 0.6) is 0 Å². The van der Waals surface area contributed by atoms with Gasteiger partial charge in [0.25, 0.3) is 0 Å². The highest BCUT2D eigenvalue weighted by Gasteiger charge is 2.26. The van der Waals surface area contributed by atoms with E-state index in [0.29, 0.717) is 18.1 Å². The van der Waals surface area contributed by atoms with E-state index in [-0.39, 0.29) is 0 Å². The van der Waals surface area contributed by atoms with Crippen LogP contribution >= 0.6 is 11.6 Å². The van der Waals surface area contributed by atoms with Crippen molar-refractivity contribution in [2.75, 3.05) is 13.2 Å². The van der Waals surface area contributed by atoms with Gasteiger partial charge in [0.1, 0.15) is 0 Å². The molecule has 0 aliphatic carbocycles. The van der Waals surface area contributed by atoms with Crippen LogP contribution in [0.3, 0.4) is 0 Å². The monoisotopic (exact) mass is 267 g/mol. The molecule has 100 valence electrons. The van der Waals surface area contributed by atoms with Crippen molar-refractivity contribution in [3.63, 3.8) is 0 Å². The van der Waals surface area contributed by atoms with Gasteiger partial charge in [0.2, 0.25) is 0 Å². The topological polar surface area (TPSA) is 21.3 Å². The summed E-state index contributed by atoms with van der Waals surface area (Å²) in [7, 11) is 0. The Balaban J connectivity index is 1.84. The fourth-order valence-corrected chi connectivity index (χ4v) is 2.70. The predicted octanol–water partition coefficient (Wildman–Crippen LogP) is 3.81. The summed E-state index contributed by atoms with van der Waals surface area (Å²) in [5, 5.41) is 4.39. The lowest BCUT2D eigenvalue weighted by Gasteiger charge is -2.21. The molecule has 0 saturated carbocycles. The van der Waals surface area contributed by atoms with E-state index in [4.69, 9.17) is 16.3 Å². The minimum absolute atomic E-state index is 0.361. The van der Waals surface area contributed by atoms with Crippen LogP contribution in [0.1, 0.15) is 38.3 Å². The van der Waals surface area contributed by atoms with Crippen LogP contribution in [0.4, 0.5) is 0 Å². The highest BCUT2D eigenvalue weighted by atomic mass is 35.5. The lowest BCUT2D eigenvalue weighted by Crippen LogP contribution is -2.30. The molecule has 2 rings (SSSR count). The average molecular weight is 268 g/mol. The summed E-state index contributed by atoms with van der Waals surface area (Å²) in [6.07, 6.45) is 2.73. The highest BCUT2D eigenvalue weighted by Crippen LogP contribution is 2.24. The molecule has 1 aromatic rings. The van der Waals surface area contributed by atoms with Crippen LogP contribution in [-0.2, 0) is 4.74 Å². The normalized spacial score (nSPS) is 25.3. The van der Waals surface area contributed by atoms with Gasteiger partial charge in [0.05, 0.1) is 6.10 Å². The van der Waals surface area contributed by atoms with E-state index in [1.54, 1.807) is 0 Å². The Morgan fingerprint density at radius 3 is 2.78 bits per heavy atom. The molecule has 3 unspecified atom stereocenters. The number of halogens is 1. The molecule has 18 heavy (non-hydrogen) atoms. The Labute approximate surface area is 115 Å². The number of hydrogen-bond acceptors (Lipinski definition) is 2. The molecule has 1 aliphatic rings. The van der Waals surface area contributed by atoms with Crippen LogP contribution in [0.2, 0.25) is 5.02 Å². The van der Waals surface area contributed by atoms with E-state index in [0.717, 1.165) is 24.6 Å². The fraction of sp³-hybridized carbons (Fsp3) is 0.600. The first kappa shape index (κ1) is 13.9. The van der Waals surface area contributed by atoms with Crippen molar-refractivity contribution in [1.82, 2.24) is 5.32 Å². The largest absolute Gasteiger partial charge is 0.378 e. The van der Waals surface area contributed by atoms with E-state index >= 15 is 0 Å². The zero-order valence-corrected chi connectivity index (χ0v) is 11.9. The van der Waals surface area contributed by atoms with Crippen LogP contribution in [0, 0.1) is 5.92 Å². The molecule has 2 nitrogen and oxygen atoms in total. The van der Waals surface area contributed by atoms with Crippen LogP contribution < -0.4 is 5.32 Å². The second kappa shape index (κ2) is 6.55. The summed E-state index contributed by atoms with van der Waals surface area (Å²) in [5.74, 6) is 0.657. The Bertz CT molecular complexity index is 365. The predicted molar refractivity (Wildman–Crippen MR) is 76.0 cm³/mol. The first-order valence-electron chi connectivity index (χ1n) is 6.81. The van der Waals surface area contributed by atoms with E-state index in [2.05, 4.69) is 31.3 Å². The number of rotatable bonds is 5. The summed E-state index contributed by atoms with van der Waals surface area (Å²) >= 11 is 5.90. The maximum Gasteiger partial charge on any atom is 0.0613 e. The lowest BCUT2D eigenvalue weighted by molar-refractivity contribution is 0.0867. The average Bonchev–Trinajstić information content (AvgIpc) is 2.84. The molecule has 0 bridgehead atoms. The first-order chi connectivity index (χ1) is 8.70. The molecular formula is C15H22ClNO. The zero-order valence-electron chi connectivity index (χ0n) is 11.2. The maximum absolute atomic E-state index is 5.90. The van der Waals surface area contributed by atoms with Crippen molar-refractivity contribution >= 4 is 11.6 Å². The van der Waals surface area contributed by atoms with Gasteiger partial charge in [-0.1, -0.05) is 30.7 Å². The van der Waals surface area contributed by atoms with E-state index in [1.165, 1.54) is 12.0 Å². The third kappa shape index (κ3) is 3.47. The maximum atomic E-state index is 5.90. The van der Waals surface area contributed by atoms with Crippen molar-refractivity contribution in [3.8, 4) is 0 Å². The molecule has 0 aromatic heterocycles. The number of ether oxygens (including phenoxy) is 1. The smallest absolute Gasteiger partial charge is 0.0613 e. The van der Waals surface area contributed by atoms with Gasteiger partial charge in [-0.15, -0.1) is 0 Å². The third-order valence-electron chi connectivity index (χ3n) is 3.80. The summed E-state index contributed by atoms with van der Waals surface area (Å²) in [6, 6.07) is 8.43. The SMILES string of the molecule is CCC1OCCC1CNC(C)c1ccc(Cl)cc1. The van der Waals surface area contributed by atoms with Gasteiger partial charge in [-0.25, -0.2) is 0 Å². The molecule has 1 saturated heterocycles. The quantitative estimate of drug-likeness (QED) is 0.876. The molecule has 0 spiro atoms. The van der Waals surface area contributed by atoms with E-state index in [9.17, 15) is 0 Å².